The Kier molecular flexibility index (Phi) is 4.58. The summed E-state index contributed by atoms with van der Waals surface area (Å²) < 4.78 is 4.66. The fourth-order valence-corrected chi connectivity index (χ4v) is 3.06. The number of nitrogens with zero attached hydrogens (tertiary/aromatic N) is 1. The number of nitrogens with one attached hydrogen (secondary N) is 1. The fraction of sp³-hybridized carbons (Fsp3) is 0.692. The number of anilines is 1. The molecule has 0 atom stereocenters. The number of esters is 1. The number of thiazole rings is 1. The van der Waals surface area contributed by atoms with E-state index in [1.165, 1.54) is 44.1 Å². The van der Waals surface area contributed by atoms with Crippen molar-refractivity contribution in [3.05, 3.63) is 11.1 Å². The molecule has 0 amide bonds. The van der Waals surface area contributed by atoms with Crippen molar-refractivity contribution >= 4 is 22.4 Å². The highest BCUT2D eigenvalue weighted by atomic mass is 32.1. The Balaban J connectivity index is 1.79. The van der Waals surface area contributed by atoms with Crippen LogP contribution in [0.2, 0.25) is 0 Å². The van der Waals surface area contributed by atoms with Crippen molar-refractivity contribution in [2.24, 2.45) is 11.8 Å². The topological polar surface area (TPSA) is 51.2 Å². The molecule has 4 nitrogen and oxygen atoms in total. The Bertz CT molecular complexity index is 397. The molecule has 1 fully saturated rings. The third kappa shape index (κ3) is 3.45. The average molecular weight is 268 g/mol. The van der Waals surface area contributed by atoms with Gasteiger partial charge in [-0.1, -0.05) is 31.1 Å². The van der Waals surface area contributed by atoms with E-state index in [1.807, 2.05) is 0 Å². The number of aromatic nitrogens is 1. The molecule has 0 bridgehead atoms. The fourth-order valence-electron chi connectivity index (χ4n) is 2.32. The van der Waals surface area contributed by atoms with Crippen LogP contribution >= 0.6 is 11.3 Å². The molecule has 0 spiro atoms. The Hall–Kier alpha value is -1.10. The molecule has 1 saturated carbocycles. The first-order valence-electron chi connectivity index (χ1n) is 6.47. The van der Waals surface area contributed by atoms with Crippen LogP contribution in [0.5, 0.6) is 0 Å². The summed E-state index contributed by atoms with van der Waals surface area (Å²) in [7, 11) is 1.39. The molecule has 0 radical (unpaired) electrons. The number of rotatable bonds is 4. The van der Waals surface area contributed by atoms with Gasteiger partial charge in [0.05, 0.1) is 13.3 Å². The Morgan fingerprint density at radius 1 is 1.50 bits per heavy atom. The highest BCUT2D eigenvalue weighted by Crippen LogP contribution is 2.29. The number of carbonyl (C=O) groups is 1. The first-order valence-corrected chi connectivity index (χ1v) is 7.28. The quantitative estimate of drug-likeness (QED) is 0.852. The second kappa shape index (κ2) is 6.18. The minimum Gasteiger partial charge on any atom is -0.465 e. The van der Waals surface area contributed by atoms with E-state index in [4.69, 9.17) is 0 Å². The number of carbonyl (C=O) groups excluding carboxylic acids is 1. The largest absolute Gasteiger partial charge is 0.465 e. The van der Waals surface area contributed by atoms with E-state index in [9.17, 15) is 4.79 Å². The lowest BCUT2D eigenvalue weighted by atomic mass is 9.83. The molecule has 0 aliphatic heterocycles. The molecular formula is C13H20N2O2S. The molecule has 0 aromatic carbocycles. The summed E-state index contributed by atoms with van der Waals surface area (Å²) in [6.07, 6.45) is 6.82. The summed E-state index contributed by atoms with van der Waals surface area (Å²) >= 11 is 1.36. The zero-order valence-corrected chi connectivity index (χ0v) is 11.8. The van der Waals surface area contributed by atoms with Crippen molar-refractivity contribution in [3.63, 3.8) is 0 Å². The smallest absolute Gasteiger partial charge is 0.349 e. The molecule has 0 saturated heterocycles. The Labute approximate surface area is 112 Å². The SMILES string of the molecule is COC(=O)c1cnc(NCC2CCC(C)CC2)s1. The van der Waals surface area contributed by atoms with Crippen molar-refractivity contribution in [2.45, 2.75) is 32.6 Å². The predicted molar refractivity (Wildman–Crippen MR) is 73.1 cm³/mol. The molecule has 1 aromatic rings. The van der Waals surface area contributed by atoms with E-state index in [1.54, 1.807) is 6.20 Å². The summed E-state index contributed by atoms with van der Waals surface area (Å²) in [4.78, 5) is 16.0. The van der Waals surface area contributed by atoms with Gasteiger partial charge in [0.1, 0.15) is 4.88 Å². The van der Waals surface area contributed by atoms with Crippen molar-refractivity contribution in [1.29, 1.82) is 0 Å². The summed E-state index contributed by atoms with van der Waals surface area (Å²) in [5.74, 6) is 1.31. The zero-order chi connectivity index (χ0) is 13.0. The minimum atomic E-state index is -0.313. The maximum Gasteiger partial charge on any atom is 0.349 e. The van der Waals surface area contributed by atoms with Gasteiger partial charge in [-0.25, -0.2) is 9.78 Å². The molecule has 100 valence electrons. The highest BCUT2D eigenvalue weighted by Gasteiger charge is 2.18. The van der Waals surface area contributed by atoms with E-state index in [0.29, 0.717) is 4.88 Å². The van der Waals surface area contributed by atoms with Gasteiger partial charge in [-0.2, -0.15) is 0 Å². The number of ether oxygens (including phenoxy) is 1. The van der Waals surface area contributed by atoms with Crippen LogP contribution in [0.15, 0.2) is 6.20 Å². The number of hydrogen-bond acceptors (Lipinski definition) is 5. The average Bonchev–Trinajstić information content (AvgIpc) is 2.86. The van der Waals surface area contributed by atoms with Gasteiger partial charge in [0.2, 0.25) is 0 Å². The summed E-state index contributed by atoms with van der Waals surface area (Å²) in [6.45, 7) is 3.29. The lowest BCUT2D eigenvalue weighted by molar-refractivity contribution is 0.0606. The second-order valence-electron chi connectivity index (χ2n) is 5.03. The van der Waals surface area contributed by atoms with E-state index in [-0.39, 0.29) is 5.97 Å². The minimum absolute atomic E-state index is 0.313. The summed E-state index contributed by atoms with van der Waals surface area (Å²) in [5, 5.41) is 4.14. The van der Waals surface area contributed by atoms with Crippen LogP contribution in [0.4, 0.5) is 5.13 Å². The molecule has 0 unspecified atom stereocenters. The third-order valence-corrected chi connectivity index (χ3v) is 4.50. The lowest BCUT2D eigenvalue weighted by Crippen LogP contribution is -2.20. The van der Waals surface area contributed by atoms with Gasteiger partial charge in [0.15, 0.2) is 5.13 Å². The Morgan fingerprint density at radius 2 is 2.22 bits per heavy atom. The van der Waals surface area contributed by atoms with Crippen LogP contribution in [-0.4, -0.2) is 24.6 Å². The van der Waals surface area contributed by atoms with Gasteiger partial charge in [0, 0.05) is 6.54 Å². The molecule has 1 heterocycles. The molecule has 1 aliphatic carbocycles. The molecule has 1 aliphatic rings. The lowest BCUT2D eigenvalue weighted by Gasteiger charge is -2.26. The molecule has 1 N–H and O–H groups in total. The zero-order valence-electron chi connectivity index (χ0n) is 10.9. The van der Waals surface area contributed by atoms with Crippen molar-refractivity contribution in [2.75, 3.05) is 19.0 Å². The predicted octanol–water partition coefficient (Wildman–Crippen LogP) is 3.17. The van der Waals surface area contributed by atoms with Gasteiger partial charge in [0.25, 0.3) is 0 Å². The van der Waals surface area contributed by atoms with Crippen LogP contribution in [0.25, 0.3) is 0 Å². The van der Waals surface area contributed by atoms with E-state index >= 15 is 0 Å². The van der Waals surface area contributed by atoms with Crippen LogP contribution in [0.1, 0.15) is 42.3 Å². The monoisotopic (exact) mass is 268 g/mol. The molecule has 2 rings (SSSR count). The number of methoxy groups -OCH3 is 1. The molecule has 5 heteroatoms. The summed E-state index contributed by atoms with van der Waals surface area (Å²) in [5.41, 5.74) is 0. The normalized spacial score (nSPS) is 23.7. The van der Waals surface area contributed by atoms with E-state index in [0.717, 1.165) is 23.5 Å². The standard InChI is InChI=1S/C13H20N2O2S/c1-9-3-5-10(6-4-9)7-14-13-15-8-11(18-13)12(16)17-2/h8-10H,3-7H2,1-2H3,(H,14,15). The first-order chi connectivity index (χ1) is 8.69. The third-order valence-electron chi connectivity index (χ3n) is 3.57. The van der Waals surface area contributed by atoms with E-state index in [2.05, 4.69) is 22.0 Å². The van der Waals surface area contributed by atoms with Crippen LogP contribution in [-0.2, 0) is 4.74 Å². The van der Waals surface area contributed by atoms with Crippen molar-refractivity contribution in [3.8, 4) is 0 Å². The van der Waals surface area contributed by atoms with Crippen LogP contribution in [0.3, 0.4) is 0 Å². The molecule has 18 heavy (non-hydrogen) atoms. The van der Waals surface area contributed by atoms with Crippen LogP contribution < -0.4 is 5.32 Å². The van der Waals surface area contributed by atoms with Gasteiger partial charge >= 0.3 is 5.97 Å². The van der Waals surface area contributed by atoms with Gasteiger partial charge < -0.3 is 10.1 Å². The number of hydrogen-bond donors (Lipinski definition) is 1. The maximum atomic E-state index is 11.3. The van der Waals surface area contributed by atoms with Gasteiger partial charge in [-0.3, -0.25) is 0 Å². The van der Waals surface area contributed by atoms with E-state index < -0.39 is 0 Å². The highest BCUT2D eigenvalue weighted by molar-refractivity contribution is 7.17. The Morgan fingerprint density at radius 3 is 2.89 bits per heavy atom. The van der Waals surface area contributed by atoms with Gasteiger partial charge in [-0.05, 0) is 24.7 Å². The summed E-state index contributed by atoms with van der Waals surface area (Å²) in [6, 6.07) is 0. The second-order valence-corrected chi connectivity index (χ2v) is 6.06. The maximum absolute atomic E-state index is 11.3. The molecular weight excluding hydrogens is 248 g/mol. The van der Waals surface area contributed by atoms with Crippen LogP contribution in [0, 0.1) is 11.8 Å². The van der Waals surface area contributed by atoms with Crippen molar-refractivity contribution in [1.82, 2.24) is 4.98 Å². The first kappa shape index (κ1) is 13.3. The van der Waals surface area contributed by atoms with Gasteiger partial charge in [-0.15, -0.1) is 0 Å². The molecule has 1 aromatic heterocycles. The van der Waals surface area contributed by atoms with Crippen molar-refractivity contribution < 1.29 is 9.53 Å².